The number of carbonyl (C=O) groups excluding carboxylic acids is 2. The lowest BCUT2D eigenvalue weighted by Crippen LogP contribution is -2.28. The Hall–Kier alpha value is -2.54. The van der Waals surface area contributed by atoms with Gasteiger partial charge in [-0.3, -0.25) is 4.79 Å². The normalized spacial score (nSPS) is 13.4. The van der Waals surface area contributed by atoms with Gasteiger partial charge in [0.25, 0.3) is 0 Å². The average Bonchev–Trinajstić information content (AvgIpc) is 3.02. The van der Waals surface area contributed by atoms with Gasteiger partial charge in [0.1, 0.15) is 23.7 Å². The van der Waals surface area contributed by atoms with Crippen LogP contribution in [0.4, 0.5) is 0 Å². The highest BCUT2D eigenvalue weighted by atomic mass is 16.5. The summed E-state index contributed by atoms with van der Waals surface area (Å²) in [7, 11) is 1.54. The maximum atomic E-state index is 11.9. The Morgan fingerprint density at radius 3 is 2.81 bits per heavy atom. The highest BCUT2D eigenvalue weighted by Crippen LogP contribution is 2.42. The molecular weight excluding hydrogens is 336 g/mol. The summed E-state index contributed by atoms with van der Waals surface area (Å²) < 4.78 is 10.5. The Bertz CT molecular complexity index is 740. The number of ether oxygens (including phenoxy) is 2. The van der Waals surface area contributed by atoms with Gasteiger partial charge < -0.3 is 25.6 Å². The minimum atomic E-state index is -0.512. The highest BCUT2D eigenvalue weighted by molar-refractivity contribution is 5.98. The Labute approximate surface area is 153 Å². The van der Waals surface area contributed by atoms with Crippen LogP contribution in [0.1, 0.15) is 46.8 Å². The Morgan fingerprint density at radius 1 is 1.42 bits per heavy atom. The van der Waals surface area contributed by atoms with Crippen molar-refractivity contribution in [1.29, 1.82) is 0 Å². The molecule has 142 valence electrons. The molecule has 0 spiro atoms. The molecule has 1 aromatic carbocycles. The summed E-state index contributed by atoms with van der Waals surface area (Å²) in [6.07, 6.45) is 3.30. The second-order valence-corrected chi connectivity index (χ2v) is 6.31. The number of amides is 1. The molecule has 0 unspecified atom stereocenters. The zero-order valence-corrected chi connectivity index (χ0v) is 15.5. The number of phenolic OH excluding ortho intramolecular Hbond substituents is 1. The fourth-order valence-corrected chi connectivity index (χ4v) is 3.02. The van der Waals surface area contributed by atoms with Gasteiger partial charge >= 0.3 is 5.97 Å². The minimum Gasteiger partial charge on any atom is -0.507 e. The number of phenols is 1. The summed E-state index contributed by atoms with van der Waals surface area (Å²) >= 11 is 0. The third kappa shape index (κ3) is 4.16. The quantitative estimate of drug-likeness (QED) is 0.480. The number of esters is 1. The second kappa shape index (κ2) is 8.71. The maximum Gasteiger partial charge on any atom is 0.342 e. The molecule has 1 heterocycles. The van der Waals surface area contributed by atoms with E-state index < -0.39 is 5.97 Å². The zero-order chi connectivity index (χ0) is 19.3. The molecule has 0 radical (unpaired) electrons. The fraction of sp³-hybridized carbons (Fsp3) is 0.474. The number of carbonyl (C=O) groups is 2. The van der Waals surface area contributed by atoms with E-state index in [1.165, 1.54) is 7.11 Å². The number of allylic oxidation sites excluding steroid dienone is 2. The Balaban J connectivity index is 2.16. The van der Waals surface area contributed by atoms with Crippen molar-refractivity contribution >= 4 is 11.9 Å². The first kappa shape index (κ1) is 19.8. The van der Waals surface area contributed by atoms with Crippen molar-refractivity contribution in [1.82, 2.24) is 5.32 Å². The van der Waals surface area contributed by atoms with Crippen molar-refractivity contribution in [2.75, 3.05) is 20.2 Å². The number of benzene rings is 1. The molecule has 0 saturated heterocycles. The van der Waals surface area contributed by atoms with Crippen LogP contribution in [-0.2, 0) is 22.6 Å². The van der Waals surface area contributed by atoms with Gasteiger partial charge in [-0.05, 0) is 32.3 Å². The molecule has 1 aliphatic rings. The van der Waals surface area contributed by atoms with Gasteiger partial charge in [0.05, 0.1) is 7.11 Å². The van der Waals surface area contributed by atoms with Crippen LogP contribution >= 0.6 is 0 Å². The molecule has 0 atom stereocenters. The smallest absolute Gasteiger partial charge is 0.342 e. The van der Waals surface area contributed by atoms with Crippen LogP contribution < -0.4 is 15.8 Å². The number of fused-ring (bicyclic) bond motifs is 1. The first-order chi connectivity index (χ1) is 12.4. The van der Waals surface area contributed by atoms with Crippen molar-refractivity contribution in [3.63, 3.8) is 0 Å². The second-order valence-electron chi connectivity index (χ2n) is 6.31. The van der Waals surface area contributed by atoms with E-state index in [1.807, 2.05) is 19.9 Å². The van der Waals surface area contributed by atoms with E-state index >= 15 is 0 Å². The SMILES string of the molecule is COc1c(C)c2c(c(O)c1CC=C(C)CCC(=O)NCCN)C(=O)OC2. The summed E-state index contributed by atoms with van der Waals surface area (Å²) in [5.41, 5.74) is 8.61. The van der Waals surface area contributed by atoms with Crippen molar-refractivity contribution in [3.05, 3.63) is 33.9 Å². The van der Waals surface area contributed by atoms with Crippen molar-refractivity contribution in [3.8, 4) is 11.5 Å². The summed E-state index contributed by atoms with van der Waals surface area (Å²) in [4.78, 5) is 23.5. The number of aromatic hydroxyl groups is 1. The number of methoxy groups -OCH3 is 1. The van der Waals surface area contributed by atoms with E-state index in [1.54, 1.807) is 0 Å². The van der Waals surface area contributed by atoms with Crippen molar-refractivity contribution in [2.45, 2.75) is 39.7 Å². The topological polar surface area (TPSA) is 111 Å². The monoisotopic (exact) mass is 362 g/mol. The first-order valence-corrected chi connectivity index (χ1v) is 8.61. The van der Waals surface area contributed by atoms with Gasteiger partial charge in [-0.25, -0.2) is 4.79 Å². The van der Waals surface area contributed by atoms with E-state index in [-0.39, 0.29) is 23.8 Å². The van der Waals surface area contributed by atoms with Gasteiger partial charge in [0, 0.05) is 30.6 Å². The van der Waals surface area contributed by atoms with Crippen LogP contribution in [-0.4, -0.2) is 37.2 Å². The molecule has 0 aromatic heterocycles. The van der Waals surface area contributed by atoms with Crippen LogP contribution in [0.5, 0.6) is 11.5 Å². The van der Waals surface area contributed by atoms with Crippen LogP contribution in [0.25, 0.3) is 0 Å². The molecule has 4 N–H and O–H groups in total. The van der Waals surface area contributed by atoms with Crippen LogP contribution in [0.3, 0.4) is 0 Å². The van der Waals surface area contributed by atoms with Crippen LogP contribution in [0, 0.1) is 6.92 Å². The van der Waals surface area contributed by atoms with E-state index in [2.05, 4.69) is 5.32 Å². The molecule has 7 heteroatoms. The lowest BCUT2D eigenvalue weighted by Gasteiger charge is -2.15. The highest BCUT2D eigenvalue weighted by Gasteiger charge is 2.31. The zero-order valence-electron chi connectivity index (χ0n) is 15.5. The van der Waals surface area contributed by atoms with Crippen molar-refractivity contribution < 1.29 is 24.2 Å². The van der Waals surface area contributed by atoms with Crippen LogP contribution in [0.2, 0.25) is 0 Å². The molecule has 7 nitrogen and oxygen atoms in total. The molecule has 0 fully saturated rings. The van der Waals surface area contributed by atoms with E-state index in [0.29, 0.717) is 49.2 Å². The number of rotatable bonds is 8. The Morgan fingerprint density at radius 2 is 2.15 bits per heavy atom. The van der Waals surface area contributed by atoms with Gasteiger partial charge in [-0.15, -0.1) is 0 Å². The Kier molecular flexibility index (Phi) is 6.63. The van der Waals surface area contributed by atoms with Crippen molar-refractivity contribution in [2.24, 2.45) is 5.73 Å². The molecule has 2 rings (SSSR count). The number of nitrogens with two attached hydrogens (primary N) is 1. The number of cyclic esters (lactones) is 1. The van der Waals surface area contributed by atoms with E-state index in [9.17, 15) is 14.7 Å². The molecule has 1 amide bonds. The summed E-state index contributed by atoms with van der Waals surface area (Å²) in [6, 6.07) is 0. The third-order valence-electron chi connectivity index (χ3n) is 4.52. The first-order valence-electron chi connectivity index (χ1n) is 8.61. The predicted molar refractivity (Wildman–Crippen MR) is 97.3 cm³/mol. The van der Waals surface area contributed by atoms with Gasteiger partial charge in [0.15, 0.2) is 0 Å². The standard InChI is InChI=1S/C19H26N2O5/c1-11(5-7-15(22)21-9-8-20)4-6-13-17(23)16-14(10-26-19(16)24)12(2)18(13)25-3/h4,23H,5-10,20H2,1-3H3,(H,21,22). The molecule has 1 aromatic rings. The largest absolute Gasteiger partial charge is 0.507 e. The van der Waals surface area contributed by atoms with E-state index in [0.717, 1.165) is 11.1 Å². The summed E-state index contributed by atoms with van der Waals surface area (Å²) in [5.74, 6) is -0.0829. The fourth-order valence-electron chi connectivity index (χ4n) is 3.02. The summed E-state index contributed by atoms with van der Waals surface area (Å²) in [6.45, 7) is 4.81. The lowest BCUT2D eigenvalue weighted by molar-refractivity contribution is -0.121. The average molecular weight is 362 g/mol. The molecule has 26 heavy (non-hydrogen) atoms. The molecule has 0 aliphatic carbocycles. The molecule has 1 aliphatic heterocycles. The number of hydrogen-bond donors (Lipinski definition) is 3. The lowest BCUT2D eigenvalue weighted by atomic mass is 9.94. The third-order valence-corrected chi connectivity index (χ3v) is 4.52. The molecular formula is C19H26N2O5. The van der Waals surface area contributed by atoms with Gasteiger partial charge in [-0.2, -0.15) is 0 Å². The molecule has 0 saturated carbocycles. The maximum absolute atomic E-state index is 11.9. The minimum absolute atomic E-state index is 0.0419. The van der Waals surface area contributed by atoms with Crippen LogP contribution in [0.15, 0.2) is 11.6 Å². The van der Waals surface area contributed by atoms with E-state index in [4.69, 9.17) is 15.2 Å². The van der Waals surface area contributed by atoms with Gasteiger partial charge in [0.2, 0.25) is 5.91 Å². The number of nitrogens with one attached hydrogen (secondary N) is 1. The predicted octanol–water partition coefficient (Wildman–Crippen LogP) is 1.72. The molecule has 0 bridgehead atoms. The number of hydrogen-bond acceptors (Lipinski definition) is 6. The summed E-state index contributed by atoms with van der Waals surface area (Å²) in [5, 5.41) is 13.3. The van der Waals surface area contributed by atoms with Gasteiger partial charge in [-0.1, -0.05) is 11.6 Å².